The Bertz CT molecular complexity index is 1010. The van der Waals surface area contributed by atoms with E-state index in [0.717, 1.165) is 29.2 Å². The van der Waals surface area contributed by atoms with E-state index in [0.29, 0.717) is 19.0 Å². The van der Waals surface area contributed by atoms with Crippen molar-refractivity contribution in [3.8, 4) is 0 Å². The topological polar surface area (TPSA) is 54.2 Å². The van der Waals surface area contributed by atoms with Crippen LogP contribution in [0.5, 0.6) is 0 Å². The Balaban J connectivity index is 0.00000341. The van der Waals surface area contributed by atoms with Crippen molar-refractivity contribution >= 4 is 41.7 Å². The molecule has 2 N–H and O–H groups in total. The number of nitrogens with one attached hydrogen (secondary N) is 2. The smallest absolute Gasteiger partial charge is 0.191 e. The average molecular weight is 553 g/mol. The van der Waals surface area contributed by atoms with Gasteiger partial charge < -0.3 is 15.2 Å². The number of guanidine groups is 1. The maximum atomic E-state index is 13.5. The predicted octanol–water partition coefficient (Wildman–Crippen LogP) is 4.73. The second-order valence-electron chi connectivity index (χ2n) is 7.05. The molecule has 3 rings (SSSR count). The third-order valence-corrected chi connectivity index (χ3v) is 5.47. The molecule has 0 aliphatic rings. The molecule has 166 valence electrons. The molecule has 8 heteroatoms. The van der Waals surface area contributed by atoms with Crippen LogP contribution in [0.2, 0.25) is 0 Å². The summed E-state index contributed by atoms with van der Waals surface area (Å²) in [6.45, 7) is 4.07. The van der Waals surface area contributed by atoms with Gasteiger partial charge in [-0.1, -0.05) is 30.3 Å². The lowest BCUT2D eigenvalue weighted by molar-refractivity contribution is 0.625. The SMILES string of the molecule is CN=C(NCc1cccc(Cn2ccnc2C)c1)NCc1ccc(F)cc1CSC.I. The second-order valence-corrected chi connectivity index (χ2v) is 7.91. The molecule has 31 heavy (non-hydrogen) atoms. The van der Waals surface area contributed by atoms with Gasteiger partial charge in [0.05, 0.1) is 0 Å². The molecule has 0 bridgehead atoms. The summed E-state index contributed by atoms with van der Waals surface area (Å²) in [4.78, 5) is 8.59. The van der Waals surface area contributed by atoms with E-state index in [1.165, 1.54) is 17.2 Å². The minimum absolute atomic E-state index is 0. The maximum Gasteiger partial charge on any atom is 0.191 e. The van der Waals surface area contributed by atoms with Gasteiger partial charge in [0.15, 0.2) is 5.96 Å². The highest BCUT2D eigenvalue weighted by Gasteiger charge is 2.06. The van der Waals surface area contributed by atoms with Crippen molar-refractivity contribution in [2.24, 2.45) is 4.99 Å². The van der Waals surface area contributed by atoms with Crippen LogP contribution >= 0.6 is 35.7 Å². The van der Waals surface area contributed by atoms with Crippen molar-refractivity contribution in [2.75, 3.05) is 13.3 Å². The number of hydrogen-bond acceptors (Lipinski definition) is 3. The van der Waals surface area contributed by atoms with Crippen LogP contribution in [0.15, 0.2) is 59.9 Å². The molecule has 0 saturated carbocycles. The lowest BCUT2D eigenvalue weighted by atomic mass is 10.1. The van der Waals surface area contributed by atoms with Gasteiger partial charge in [0.2, 0.25) is 0 Å². The van der Waals surface area contributed by atoms with E-state index in [9.17, 15) is 4.39 Å². The van der Waals surface area contributed by atoms with Crippen LogP contribution in [0.4, 0.5) is 4.39 Å². The summed E-state index contributed by atoms with van der Waals surface area (Å²) < 4.78 is 15.7. The first-order valence-electron chi connectivity index (χ1n) is 9.85. The first-order chi connectivity index (χ1) is 14.6. The van der Waals surface area contributed by atoms with Crippen LogP contribution in [0.25, 0.3) is 0 Å². The standard InChI is InChI=1S/C23H28FN5S.HI/c1-17-26-9-10-29(17)15-19-6-4-5-18(11-19)13-27-23(25-2)28-14-20-7-8-22(24)12-21(20)16-30-3;/h4-12H,13-16H2,1-3H3,(H2,25,27,28);1H. The van der Waals surface area contributed by atoms with Crippen molar-refractivity contribution in [3.05, 3.63) is 88.8 Å². The number of aliphatic imine (C=N–C) groups is 1. The number of rotatable bonds is 8. The Hall–Kier alpha value is -2.07. The molecule has 2 aromatic carbocycles. The van der Waals surface area contributed by atoms with Crippen molar-refractivity contribution in [2.45, 2.75) is 32.3 Å². The Labute approximate surface area is 205 Å². The van der Waals surface area contributed by atoms with Gasteiger partial charge in [-0.3, -0.25) is 4.99 Å². The molecule has 0 saturated heterocycles. The van der Waals surface area contributed by atoms with Crippen molar-refractivity contribution in [3.63, 3.8) is 0 Å². The van der Waals surface area contributed by atoms with Crippen LogP contribution in [0.3, 0.4) is 0 Å². The number of aromatic nitrogens is 2. The summed E-state index contributed by atoms with van der Waals surface area (Å²) >= 11 is 1.68. The first kappa shape index (κ1) is 25.2. The highest BCUT2D eigenvalue weighted by molar-refractivity contribution is 14.0. The number of thioether (sulfide) groups is 1. The Morgan fingerprint density at radius 2 is 1.87 bits per heavy atom. The monoisotopic (exact) mass is 553 g/mol. The van der Waals surface area contributed by atoms with Gasteiger partial charge in [-0.25, -0.2) is 9.37 Å². The normalized spacial score (nSPS) is 11.2. The molecule has 0 spiro atoms. The fraction of sp³-hybridized carbons (Fsp3) is 0.304. The number of benzene rings is 2. The highest BCUT2D eigenvalue weighted by Crippen LogP contribution is 2.16. The van der Waals surface area contributed by atoms with Crippen LogP contribution in [0.1, 0.15) is 28.1 Å². The zero-order valence-corrected chi connectivity index (χ0v) is 21.2. The molecular weight excluding hydrogens is 524 g/mol. The molecular formula is C23H29FIN5S. The van der Waals surface area contributed by atoms with Gasteiger partial charge >= 0.3 is 0 Å². The molecule has 3 aromatic rings. The number of imidazole rings is 1. The number of aryl methyl sites for hydroxylation is 1. The van der Waals surface area contributed by atoms with Gasteiger partial charge in [0, 0.05) is 44.8 Å². The van der Waals surface area contributed by atoms with E-state index in [4.69, 9.17) is 0 Å². The Morgan fingerprint density at radius 3 is 2.58 bits per heavy atom. The molecule has 0 aliphatic heterocycles. The lowest BCUT2D eigenvalue weighted by Gasteiger charge is -2.15. The van der Waals surface area contributed by atoms with Crippen LogP contribution in [0, 0.1) is 12.7 Å². The minimum atomic E-state index is -0.198. The number of halogens is 2. The zero-order valence-electron chi connectivity index (χ0n) is 18.1. The maximum absolute atomic E-state index is 13.5. The molecule has 0 fully saturated rings. The molecule has 1 aromatic heterocycles. The summed E-state index contributed by atoms with van der Waals surface area (Å²) in [5.41, 5.74) is 4.49. The Kier molecular flexibility index (Phi) is 10.3. The van der Waals surface area contributed by atoms with E-state index in [1.54, 1.807) is 24.9 Å². The van der Waals surface area contributed by atoms with E-state index in [-0.39, 0.29) is 29.8 Å². The number of nitrogens with zero attached hydrogens (tertiary/aromatic N) is 3. The fourth-order valence-corrected chi connectivity index (χ4v) is 3.83. The predicted molar refractivity (Wildman–Crippen MR) is 139 cm³/mol. The third kappa shape index (κ3) is 7.53. The van der Waals surface area contributed by atoms with E-state index in [2.05, 4.69) is 49.4 Å². The summed E-state index contributed by atoms with van der Waals surface area (Å²) in [5.74, 6) is 2.30. The molecule has 1 heterocycles. The van der Waals surface area contributed by atoms with E-state index < -0.39 is 0 Å². The quantitative estimate of drug-likeness (QED) is 0.241. The van der Waals surface area contributed by atoms with Crippen molar-refractivity contribution in [1.29, 1.82) is 0 Å². The van der Waals surface area contributed by atoms with Crippen LogP contribution < -0.4 is 10.6 Å². The first-order valence-corrected chi connectivity index (χ1v) is 11.2. The zero-order chi connectivity index (χ0) is 21.3. The third-order valence-electron chi connectivity index (χ3n) is 4.87. The molecule has 0 amide bonds. The van der Waals surface area contributed by atoms with E-state index >= 15 is 0 Å². The van der Waals surface area contributed by atoms with Crippen LogP contribution in [-0.4, -0.2) is 28.8 Å². The molecule has 0 atom stereocenters. The van der Waals surface area contributed by atoms with Gasteiger partial charge in [-0.15, -0.1) is 24.0 Å². The molecule has 5 nitrogen and oxygen atoms in total. The van der Waals surface area contributed by atoms with Gasteiger partial charge in [0.1, 0.15) is 11.6 Å². The van der Waals surface area contributed by atoms with Crippen molar-refractivity contribution < 1.29 is 4.39 Å². The van der Waals surface area contributed by atoms with E-state index in [1.807, 2.05) is 31.6 Å². The van der Waals surface area contributed by atoms with Crippen molar-refractivity contribution in [1.82, 2.24) is 20.2 Å². The largest absolute Gasteiger partial charge is 0.352 e. The molecule has 0 unspecified atom stereocenters. The van der Waals surface area contributed by atoms with Gasteiger partial charge in [-0.05, 0) is 47.6 Å². The number of hydrogen-bond donors (Lipinski definition) is 2. The summed E-state index contributed by atoms with van der Waals surface area (Å²) in [5, 5.41) is 6.68. The minimum Gasteiger partial charge on any atom is -0.352 e. The van der Waals surface area contributed by atoms with Gasteiger partial charge in [0.25, 0.3) is 0 Å². The fourth-order valence-electron chi connectivity index (χ4n) is 3.25. The summed E-state index contributed by atoms with van der Waals surface area (Å²) in [6.07, 6.45) is 5.83. The average Bonchev–Trinajstić information content (AvgIpc) is 3.14. The summed E-state index contributed by atoms with van der Waals surface area (Å²) in [7, 11) is 1.75. The van der Waals surface area contributed by atoms with Gasteiger partial charge in [-0.2, -0.15) is 11.8 Å². The Morgan fingerprint density at radius 1 is 1.10 bits per heavy atom. The van der Waals surface area contributed by atoms with Crippen LogP contribution in [-0.2, 0) is 25.4 Å². The lowest BCUT2D eigenvalue weighted by Crippen LogP contribution is -2.36. The molecule has 0 aliphatic carbocycles. The second kappa shape index (κ2) is 12.7. The molecule has 0 radical (unpaired) electrons. The highest BCUT2D eigenvalue weighted by atomic mass is 127. The summed E-state index contributed by atoms with van der Waals surface area (Å²) in [6, 6.07) is 13.4.